The van der Waals surface area contributed by atoms with E-state index in [1.54, 1.807) is 24.3 Å². The molecule has 0 radical (unpaired) electrons. The number of rotatable bonds is 13. The lowest BCUT2D eigenvalue weighted by Crippen LogP contribution is -2.53. The molecule has 0 aromatic heterocycles. The Morgan fingerprint density at radius 3 is 2.23 bits per heavy atom. The van der Waals surface area contributed by atoms with Crippen LogP contribution in [0.25, 0.3) is 0 Å². The molecule has 0 bridgehead atoms. The van der Waals surface area contributed by atoms with Crippen LogP contribution in [0, 0.1) is 0 Å². The molecule has 1 N–H and O–H groups in total. The number of nitrogens with one attached hydrogen (secondary N) is 1. The summed E-state index contributed by atoms with van der Waals surface area (Å²) in [5.74, 6) is -0.517. The molecule has 0 saturated carbocycles. The number of carbonyl (C=O) groups excluding carboxylic acids is 2. The van der Waals surface area contributed by atoms with E-state index in [4.69, 9.17) is 27.9 Å². The van der Waals surface area contributed by atoms with Gasteiger partial charge in [-0.1, -0.05) is 72.6 Å². The summed E-state index contributed by atoms with van der Waals surface area (Å²) in [5, 5.41) is 3.63. The molecular formula is C29H33Cl2N3O5S. The summed E-state index contributed by atoms with van der Waals surface area (Å²) in [6.07, 6.45) is 1.97. The third-order valence-electron chi connectivity index (χ3n) is 6.19. The molecule has 11 heteroatoms. The van der Waals surface area contributed by atoms with Crippen LogP contribution in [0.15, 0.2) is 72.8 Å². The summed E-state index contributed by atoms with van der Waals surface area (Å²) in [6, 6.07) is 19.9. The van der Waals surface area contributed by atoms with E-state index in [-0.39, 0.29) is 29.6 Å². The Balaban J connectivity index is 2.04. The van der Waals surface area contributed by atoms with Gasteiger partial charge >= 0.3 is 0 Å². The highest BCUT2D eigenvalue weighted by Crippen LogP contribution is 2.30. The molecule has 3 aromatic rings. The summed E-state index contributed by atoms with van der Waals surface area (Å²) >= 11 is 12.3. The summed E-state index contributed by atoms with van der Waals surface area (Å²) in [5.41, 5.74) is 1.79. The van der Waals surface area contributed by atoms with Gasteiger partial charge in [-0.15, -0.1) is 0 Å². The molecule has 214 valence electrons. The van der Waals surface area contributed by atoms with Gasteiger partial charge in [-0.2, -0.15) is 0 Å². The van der Waals surface area contributed by atoms with Crippen molar-refractivity contribution in [2.75, 3.05) is 30.8 Å². The third kappa shape index (κ3) is 8.61. The van der Waals surface area contributed by atoms with Gasteiger partial charge in [0.25, 0.3) is 0 Å². The van der Waals surface area contributed by atoms with E-state index in [0.29, 0.717) is 17.3 Å². The fraction of sp³-hybridized carbons (Fsp3) is 0.310. The Morgan fingerprint density at radius 1 is 0.975 bits per heavy atom. The van der Waals surface area contributed by atoms with E-state index in [2.05, 4.69) is 5.32 Å². The van der Waals surface area contributed by atoms with E-state index >= 15 is 0 Å². The van der Waals surface area contributed by atoms with Crippen molar-refractivity contribution in [1.82, 2.24) is 10.2 Å². The SMILES string of the molecule is CCCNC(=O)C(Cc1ccccc1)N(Cc1ccc(Cl)cc1)C(=O)CN(c1ccc(OC)c(Cl)c1)S(C)(=O)=O. The quantitative estimate of drug-likeness (QED) is 0.298. The Bertz CT molecular complexity index is 1400. The van der Waals surface area contributed by atoms with Crippen molar-refractivity contribution in [3.05, 3.63) is 94.0 Å². The van der Waals surface area contributed by atoms with Crippen molar-refractivity contribution >= 4 is 50.7 Å². The first-order valence-electron chi connectivity index (χ1n) is 12.7. The van der Waals surface area contributed by atoms with E-state index in [1.165, 1.54) is 30.2 Å². The van der Waals surface area contributed by atoms with Crippen LogP contribution < -0.4 is 14.4 Å². The molecular weight excluding hydrogens is 573 g/mol. The van der Waals surface area contributed by atoms with Crippen molar-refractivity contribution in [1.29, 1.82) is 0 Å². The second kappa shape index (κ2) is 14.4. The first-order valence-corrected chi connectivity index (χ1v) is 15.3. The number of carbonyl (C=O) groups is 2. The molecule has 0 fully saturated rings. The topological polar surface area (TPSA) is 96.0 Å². The molecule has 0 aliphatic rings. The molecule has 2 amide bonds. The maximum atomic E-state index is 14.0. The number of ether oxygens (including phenoxy) is 1. The monoisotopic (exact) mass is 605 g/mol. The number of hydrogen-bond donors (Lipinski definition) is 1. The number of benzene rings is 3. The van der Waals surface area contributed by atoms with Gasteiger partial charge in [0.1, 0.15) is 18.3 Å². The highest BCUT2D eigenvalue weighted by Gasteiger charge is 2.33. The van der Waals surface area contributed by atoms with Crippen LogP contribution in [0.1, 0.15) is 24.5 Å². The number of halogens is 2. The maximum Gasteiger partial charge on any atom is 0.244 e. The lowest BCUT2D eigenvalue weighted by Gasteiger charge is -2.33. The van der Waals surface area contributed by atoms with Crippen LogP contribution in [-0.4, -0.2) is 57.6 Å². The van der Waals surface area contributed by atoms with Crippen LogP contribution in [-0.2, 0) is 32.6 Å². The zero-order valence-electron chi connectivity index (χ0n) is 22.6. The van der Waals surface area contributed by atoms with Crippen molar-refractivity contribution < 1.29 is 22.7 Å². The van der Waals surface area contributed by atoms with Gasteiger partial charge in [0, 0.05) is 24.5 Å². The Hall–Kier alpha value is -3.27. The zero-order chi connectivity index (χ0) is 29.3. The van der Waals surface area contributed by atoms with E-state index in [1.807, 2.05) is 37.3 Å². The summed E-state index contributed by atoms with van der Waals surface area (Å²) in [7, 11) is -2.46. The minimum Gasteiger partial charge on any atom is -0.495 e. The number of methoxy groups -OCH3 is 1. The van der Waals surface area contributed by atoms with Crippen molar-refractivity contribution in [2.45, 2.75) is 32.4 Å². The number of anilines is 1. The van der Waals surface area contributed by atoms with E-state index in [9.17, 15) is 18.0 Å². The maximum absolute atomic E-state index is 14.0. The number of sulfonamides is 1. The Labute approximate surface area is 245 Å². The third-order valence-corrected chi connectivity index (χ3v) is 7.88. The molecule has 40 heavy (non-hydrogen) atoms. The molecule has 8 nitrogen and oxygen atoms in total. The van der Waals surface area contributed by atoms with Crippen molar-refractivity contribution in [3.8, 4) is 5.75 Å². The van der Waals surface area contributed by atoms with E-state index in [0.717, 1.165) is 28.1 Å². The lowest BCUT2D eigenvalue weighted by molar-refractivity contribution is -0.140. The van der Waals surface area contributed by atoms with Crippen LogP contribution in [0.3, 0.4) is 0 Å². The largest absolute Gasteiger partial charge is 0.495 e. The molecule has 3 rings (SSSR count). The first kappa shape index (κ1) is 31.3. The number of nitrogens with zero attached hydrogens (tertiary/aromatic N) is 2. The van der Waals surface area contributed by atoms with Gasteiger partial charge < -0.3 is 15.0 Å². The highest BCUT2D eigenvalue weighted by molar-refractivity contribution is 7.92. The predicted octanol–water partition coefficient (Wildman–Crippen LogP) is 4.93. The predicted molar refractivity (Wildman–Crippen MR) is 159 cm³/mol. The van der Waals surface area contributed by atoms with Gasteiger partial charge in [0.05, 0.1) is 24.1 Å². The number of amides is 2. The van der Waals surface area contributed by atoms with Crippen molar-refractivity contribution in [3.63, 3.8) is 0 Å². The number of hydrogen-bond acceptors (Lipinski definition) is 5. The fourth-order valence-corrected chi connectivity index (χ4v) is 5.35. The summed E-state index contributed by atoms with van der Waals surface area (Å²) < 4.78 is 31.9. The van der Waals surface area contributed by atoms with Gasteiger partial charge in [-0.3, -0.25) is 13.9 Å². The molecule has 0 aliphatic carbocycles. The smallest absolute Gasteiger partial charge is 0.244 e. The molecule has 0 heterocycles. The van der Waals surface area contributed by atoms with Gasteiger partial charge in [0.2, 0.25) is 21.8 Å². The van der Waals surface area contributed by atoms with Crippen LogP contribution >= 0.6 is 23.2 Å². The van der Waals surface area contributed by atoms with Crippen LogP contribution in [0.5, 0.6) is 5.75 Å². The van der Waals surface area contributed by atoms with Gasteiger partial charge in [-0.05, 0) is 47.9 Å². The Kier molecular flexibility index (Phi) is 11.2. The van der Waals surface area contributed by atoms with Crippen LogP contribution in [0.2, 0.25) is 10.0 Å². The van der Waals surface area contributed by atoms with Gasteiger partial charge in [0.15, 0.2) is 0 Å². The molecule has 1 unspecified atom stereocenters. The van der Waals surface area contributed by atoms with Gasteiger partial charge in [-0.25, -0.2) is 8.42 Å². The average Bonchev–Trinajstić information content (AvgIpc) is 2.93. The summed E-state index contributed by atoms with van der Waals surface area (Å²) in [6.45, 7) is 1.90. The fourth-order valence-electron chi connectivity index (χ4n) is 4.13. The molecule has 0 saturated heterocycles. The standard InChI is InChI=1S/C29H33Cl2N3O5S/c1-4-16-32-29(36)26(17-21-8-6-5-7-9-21)33(19-22-10-12-23(30)13-11-22)28(35)20-34(40(3,37)38)24-14-15-27(39-2)25(31)18-24/h5-15,18,26H,4,16-17,19-20H2,1-3H3,(H,32,36). The molecule has 0 aliphatic heterocycles. The first-order chi connectivity index (χ1) is 19.0. The second-order valence-electron chi connectivity index (χ2n) is 9.23. The molecule has 3 aromatic carbocycles. The summed E-state index contributed by atoms with van der Waals surface area (Å²) in [4.78, 5) is 28.9. The second-order valence-corrected chi connectivity index (χ2v) is 12.0. The molecule has 0 spiro atoms. The normalized spacial score (nSPS) is 11.9. The lowest BCUT2D eigenvalue weighted by atomic mass is 10.0. The highest BCUT2D eigenvalue weighted by atomic mass is 35.5. The van der Waals surface area contributed by atoms with E-state index < -0.39 is 28.5 Å². The minimum absolute atomic E-state index is 0.0635. The van der Waals surface area contributed by atoms with Crippen LogP contribution in [0.4, 0.5) is 5.69 Å². The van der Waals surface area contributed by atoms with Crippen molar-refractivity contribution in [2.24, 2.45) is 0 Å². The Morgan fingerprint density at radius 2 is 1.65 bits per heavy atom. The minimum atomic E-state index is -3.91. The zero-order valence-corrected chi connectivity index (χ0v) is 25.0. The average molecular weight is 607 g/mol. The molecule has 1 atom stereocenters.